The summed E-state index contributed by atoms with van der Waals surface area (Å²) in [7, 11) is 0. The molecule has 104 valence electrons. The van der Waals surface area contributed by atoms with E-state index in [9.17, 15) is 9.59 Å². The quantitative estimate of drug-likeness (QED) is 0.874. The predicted molar refractivity (Wildman–Crippen MR) is 68.8 cm³/mol. The van der Waals surface area contributed by atoms with Crippen LogP contribution in [0.4, 0.5) is 4.79 Å². The molecular formula is C14H13NO5. The first-order valence-corrected chi connectivity index (χ1v) is 5.90. The number of carboxylic acids is 1. The Morgan fingerprint density at radius 2 is 1.95 bits per heavy atom. The van der Waals surface area contributed by atoms with Crippen LogP contribution in [-0.4, -0.2) is 17.2 Å². The van der Waals surface area contributed by atoms with Crippen LogP contribution in [0, 0.1) is 0 Å². The number of alkyl carbamates (subject to hydrolysis) is 1. The number of nitrogens with one attached hydrogen (secondary N) is 1. The third-order valence-electron chi connectivity index (χ3n) is 2.55. The van der Waals surface area contributed by atoms with Gasteiger partial charge in [-0.25, -0.2) is 9.59 Å². The highest BCUT2D eigenvalue weighted by Crippen LogP contribution is 2.14. The number of carbonyl (C=O) groups excluding carboxylic acids is 1. The molecule has 1 unspecified atom stereocenters. The normalized spacial score (nSPS) is 11.6. The van der Waals surface area contributed by atoms with Crippen LogP contribution in [0.5, 0.6) is 0 Å². The first-order valence-electron chi connectivity index (χ1n) is 5.90. The molecule has 0 saturated heterocycles. The zero-order valence-electron chi connectivity index (χ0n) is 10.5. The number of ether oxygens (including phenoxy) is 1. The highest BCUT2D eigenvalue weighted by molar-refractivity contribution is 5.80. The summed E-state index contributed by atoms with van der Waals surface area (Å²) in [5.74, 6) is -1.09. The first-order chi connectivity index (χ1) is 9.66. The molecule has 2 N–H and O–H groups in total. The minimum absolute atomic E-state index is 0.0666. The fraction of sp³-hybridized carbons (Fsp3) is 0.143. The average molecular weight is 275 g/mol. The van der Waals surface area contributed by atoms with Crippen molar-refractivity contribution in [1.29, 1.82) is 0 Å². The van der Waals surface area contributed by atoms with Crippen molar-refractivity contribution >= 4 is 12.1 Å². The summed E-state index contributed by atoms with van der Waals surface area (Å²) < 4.78 is 9.92. The largest absolute Gasteiger partial charge is 0.479 e. The molecule has 2 rings (SSSR count). The van der Waals surface area contributed by atoms with Gasteiger partial charge in [0.05, 0.1) is 6.26 Å². The summed E-state index contributed by atoms with van der Waals surface area (Å²) in [6.07, 6.45) is 0.514. The van der Waals surface area contributed by atoms with Gasteiger partial charge in [-0.2, -0.15) is 0 Å². The second-order valence-electron chi connectivity index (χ2n) is 3.99. The number of carboxylic acid groups (broad SMARTS) is 1. The van der Waals surface area contributed by atoms with Crippen LogP contribution in [0.2, 0.25) is 0 Å². The van der Waals surface area contributed by atoms with Crippen molar-refractivity contribution in [2.75, 3.05) is 0 Å². The molecule has 20 heavy (non-hydrogen) atoms. The van der Waals surface area contributed by atoms with Crippen molar-refractivity contribution in [1.82, 2.24) is 5.32 Å². The first kappa shape index (κ1) is 13.7. The lowest BCUT2D eigenvalue weighted by molar-refractivity contribution is -0.140. The fourth-order valence-corrected chi connectivity index (χ4v) is 1.59. The highest BCUT2D eigenvalue weighted by Gasteiger charge is 2.25. The van der Waals surface area contributed by atoms with Crippen LogP contribution < -0.4 is 5.32 Å². The van der Waals surface area contributed by atoms with Gasteiger partial charge < -0.3 is 19.6 Å². The Kier molecular flexibility index (Phi) is 4.39. The van der Waals surface area contributed by atoms with Gasteiger partial charge in [0.15, 0.2) is 6.04 Å². The van der Waals surface area contributed by atoms with Crippen LogP contribution in [0.15, 0.2) is 53.1 Å². The molecule has 0 radical (unpaired) electrons. The molecular weight excluding hydrogens is 262 g/mol. The number of amides is 1. The van der Waals surface area contributed by atoms with E-state index in [4.69, 9.17) is 14.3 Å². The Labute approximate surface area is 115 Å². The molecule has 1 amide bonds. The Balaban J connectivity index is 1.91. The Morgan fingerprint density at radius 3 is 2.55 bits per heavy atom. The average Bonchev–Trinajstić information content (AvgIpc) is 2.97. The van der Waals surface area contributed by atoms with E-state index in [1.54, 1.807) is 18.2 Å². The lowest BCUT2D eigenvalue weighted by Crippen LogP contribution is -2.33. The summed E-state index contributed by atoms with van der Waals surface area (Å²) in [6.45, 7) is 0.0666. The summed E-state index contributed by atoms with van der Waals surface area (Å²) >= 11 is 0. The van der Waals surface area contributed by atoms with Crippen molar-refractivity contribution in [3.63, 3.8) is 0 Å². The van der Waals surface area contributed by atoms with E-state index < -0.39 is 18.1 Å². The maximum Gasteiger partial charge on any atom is 0.408 e. The molecule has 0 aliphatic carbocycles. The summed E-state index contributed by atoms with van der Waals surface area (Å²) in [5, 5.41) is 11.3. The maximum atomic E-state index is 11.6. The van der Waals surface area contributed by atoms with Crippen molar-refractivity contribution in [2.45, 2.75) is 12.6 Å². The Bertz CT molecular complexity index is 565. The molecule has 0 fully saturated rings. The third-order valence-corrected chi connectivity index (χ3v) is 2.55. The van der Waals surface area contributed by atoms with Gasteiger partial charge in [-0.3, -0.25) is 0 Å². The molecule has 0 saturated carbocycles. The molecule has 0 aliphatic heterocycles. The molecule has 1 heterocycles. The monoisotopic (exact) mass is 275 g/mol. The lowest BCUT2D eigenvalue weighted by atomic mass is 10.2. The van der Waals surface area contributed by atoms with Crippen LogP contribution in [0.1, 0.15) is 17.4 Å². The van der Waals surface area contributed by atoms with Gasteiger partial charge in [0.25, 0.3) is 0 Å². The molecule has 0 spiro atoms. The Hall–Kier alpha value is -2.76. The van der Waals surface area contributed by atoms with E-state index in [1.807, 2.05) is 18.2 Å². The molecule has 2 aromatic rings. The molecule has 0 bridgehead atoms. The van der Waals surface area contributed by atoms with E-state index in [1.165, 1.54) is 12.3 Å². The van der Waals surface area contributed by atoms with Gasteiger partial charge >= 0.3 is 12.1 Å². The van der Waals surface area contributed by atoms with Crippen LogP contribution >= 0.6 is 0 Å². The molecule has 0 aliphatic rings. The zero-order valence-corrected chi connectivity index (χ0v) is 10.5. The van der Waals surface area contributed by atoms with Gasteiger partial charge in [-0.1, -0.05) is 30.3 Å². The predicted octanol–water partition coefficient (Wildman–Crippen LogP) is 2.33. The minimum atomic E-state index is -1.27. The molecule has 6 nitrogen and oxygen atoms in total. The maximum absolute atomic E-state index is 11.6. The van der Waals surface area contributed by atoms with Crippen LogP contribution in [-0.2, 0) is 16.1 Å². The molecule has 6 heteroatoms. The van der Waals surface area contributed by atoms with Gasteiger partial charge in [0.1, 0.15) is 12.4 Å². The lowest BCUT2D eigenvalue weighted by Gasteiger charge is -2.12. The van der Waals surface area contributed by atoms with Gasteiger partial charge in [0.2, 0.25) is 0 Å². The van der Waals surface area contributed by atoms with E-state index in [-0.39, 0.29) is 12.4 Å². The van der Waals surface area contributed by atoms with Gasteiger partial charge in [-0.05, 0) is 17.7 Å². The van der Waals surface area contributed by atoms with Crippen LogP contribution in [0.3, 0.4) is 0 Å². The van der Waals surface area contributed by atoms with E-state index in [0.717, 1.165) is 5.56 Å². The standard InChI is InChI=1S/C14H13NO5/c16-13(17)12(11-7-4-8-19-11)15-14(18)20-9-10-5-2-1-3-6-10/h1-8,12H,9H2,(H,15,18)(H,16,17). The molecule has 1 aromatic carbocycles. The van der Waals surface area contributed by atoms with E-state index in [2.05, 4.69) is 5.32 Å². The zero-order chi connectivity index (χ0) is 14.4. The van der Waals surface area contributed by atoms with E-state index in [0.29, 0.717) is 0 Å². The number of hydrogen-bond donors (Lipinski definition) is 2. The second-order valence-corrected chi connectivity index (χ2v) is 3.99. The second kappa shape index (κ2) is 6.42. The van der Waals surface area contributed by atoms with Gasteiger partial charge in [0, 0.05) is 0 Å². The highest BCUT2D eigenvalue weighted by atomic mass is 16.5. The molecule has 1 aromatic heterocycles. The number of furan rings is 1. The van der Waals surface area contributed by atoms with Crippen molar-refractivity contribution < 1.29 is 23.8 Å². The smallest absolute Gasteiger partial charge is 0.408 e. The topological polar surface area (TPSA) is 88.8 Å². The Morgan fingerprint density at radius 1 is 1.20 bits per heavy atom. The number of hydrogen-bond acceptors (Lipinski definition) is 4. The summed E-state index contributed by atoms with van der Waals surface area (Å²) in [4.78, 5) is 22.7. The minimum Gasteiger partial charge on any atom is -0.479 e. The fourth-order valence-electron chi connectivity index (χ4n) is 1.59. The van der Waals surface area contributed by atoms with Crippen molar-refractivity contribution in [3.05, 3.63) is 60.1 Å². The third kappa shape index (κ3) is 3.61. The van der Waals surface area contributed by atoms with Gasteiger partial charge in [-0.15, -0.1) is 0 Å². The van der Waals surface area contributed by atoms with Crippen molar-refractivity contribution in [2.24, 2.45) is 0 Å². The SMILES string of the molecule is O=C(NC(C(=O)O)c1ccco1)OCc1ccccc1. The van der Waals surface area contributed by atoms with E-state index >= 15 is 0 Å². The number of carbonyl (C=O) groups is 2. The number of benzene rings is 1. The molecule has 1 atom stereocenters. The van der Waals surface area contributed by atoms with Crippen molar-refractivity contribution in [3.8, 4) is 0 Å². The number of aliphatic carboxylic acids is 1. The number of rotatable bonds is 5. The summed E-state index contributed by atoms with van der Waals surface area (Å²) in [5.41, 5.74) is 0.813. The van der Waals surface area contributed by atoms with Crippen LogP contribution in [0.25, 0.3) is 0 Å². The summed E-state index contributed by atoms with van der Waals surface area (Å²) in [6, 6.07) is 10.8.